The van der Waals surface area contributed by atoms with Crippen molar-refractivity contribution in [3.8, 4) is 0 Å². The lowest BCUT2D eigenvalue weighted by Gasteiger charge is -2.36. The molecule has 0 unspecified atom stereocenters. The first-order chi connectivity index (χ1) is 9.44. The van der Waals surface area contributed by atoms with Gasteiger partial charge in [0.25, 0.3) is 0 Å². The van der Waals surface area contributed by atoms with Gasteiger partial charge in [0.15, 0.2) is 0 Å². The van der Waals surface area contributed by atoms with Gasteiger partial charge >= 0.3 is 0 Å². The van der Waals surface area contributed by atoms with Gasteiger partial charge < -0.3 is 9.47 Å². The van der Waals surface area contributed by atoms with Gasteiger partial charge in [-0.05, 0) is 5.41 Å². The highest BCUT2D eigenvalue weighted by Crippen LogP contribution is 2.20. The van der Waals surface area contributed by atoms with E-state index < -0.39 is 0 Å². The van der Waals surface area contributed by atoms with Gasteiger partial charge in [-0.1, -0.05) is 20.8 Å². The number of imidazole rings is 1. The summed E-state index contributed by atoms with van der Waals surface area (Å²) in [6, 6.07) is 0. The van der Waals surface area contributed by atoms with Gasteiger partial charge in [0.2, 0.25) is 5.91 Å². The molecule has 1 aromatic rings. The van der Waals surface area contributed by atoms with Gasteiger partial charge in [-0.2, -0.15) is 0 Å². The molecule has 0 spiro atoms. The van der Waals surface area contributed by atoms with E-state index in [1.807, 2.05) is 23.6 Å². The molecule has 1 aliphatic heterocycles. The SMILES string of the molecule is CC(C)(C)CC(=O)N1CCN(CCn2ccnc2)CC1. The Bertz CT molecular complexity index is 414. The molecule has 0 aromatic carbocycles. The van der Waals surface area contributed by atoms with E-state index in [0.717, 1.165) is 39.3 Å². The van der Waals surface area contributed by atoms with Crippen molar-refractivity contribution < 1.29 is 4.79 Å². The van der Waals surface area contributed by atoms with Crippen molar-refractivity contribution in [3.05, 3.63) is 18.7 Å². The van der Waals surface area contributed by atoms with Crippen LogP contribution in [0.3, 0.4) is 0 Å². The second kappa shape index (κ2) is 6.39. The van der Waals surface area contributed by atoms with Crippen molar-refractivity contribution in [1.82, 2.24) is 19.4 Å². The maximum absolute atomic E-state index is 12.2. The van der Waals surface area contributed by atoms with Crippen LogP contribution in [0.2, 0.25) is 0 Å². The van der Waals surface area contributed by atoms with Crippen molar-refractivity contribution in [2.75, 3.05) is 32.7 Å². The van der Waals surface area contributed by atoms with E-state index in [4.69, 9.17) is 0 Å². The van der Waals surface area contributed by atoms with Gasteiger partial charge in [-0.25, -0.2) is 4.98 Å². The van der Waals surface area contributed by atoms with E-state index in [9.17, 15) is 4.79 Å². The molecule has 1 fully saturated rings. The normalized spacial score (nSPS) is 17.4. The molecule has 0 atom stereocenters. The molecule has 5 nitrogen and oxygen atoms in total. The van der Waals surface area contributed by atoms with Crippen LogP contribution >= 0.6 is 0 Å². The Morgan fingerprint density at radius 1 is 1.15 bits per heavy atom. The molecule has 0 radical (unpaired) electrons. The van der Waals surface area contributed by atoms with Crippen molar-refractivity contribution in [2.45, 2.75) is 33.7 Å². The summed E-state index contributed by atoms with van der Waals surface area (Å²) in [7, 11) is 0. The number of hydrogen-bond donors (Lipinski definition) is 0. The average molecular weight is 278 g/mol. The van der Waals surface area contributed by atoms with Crippen molar-refractivity contribution in [3.63, 3.8) is 0 Å². The quantitative estimate of drug-likeness (QED) is 0.837. The molecule has 1 amide bonds. The monoisotopic (exact) mass is 278 g/mol. The van der Waals surface area contributed by atoms with Crippen LogP contribution in [-0.4, -0.2) is 58.0 Å². The summed E-state index contributed by atoms with van der Waals surface area (Å²) in [4.78, 5) is 20.6. The highest BCUT2D eigenvalue weighted by molar-refractivity contribution is 5.76. The highest BCUT2D eigenvalue weighted by atomic mass is 16.2. The van der Waals surface area contributed by atoms with Gasteiger partial charge in [0.05, 0.1) is 6.33 Å². The number of carbonyl (C=O) groups excluding carboxylic acids is 1. The molecular weight excluding hydrogens is 252 g/mol. The van der Waals surface area contributed by atoms with Crippen LogP contribution in [0, 0.1) is 5.41 Å². The van der Waals surface area contributed by atoms with Crippen LogP contribution < -0.4 is 0 Å². The van der Waals surface area contributed by atoms with Crippen LogP contribution in [0.1, 0.15) is 27.2 Å². The highest BCUT2D eigenvalue weighted by Gasteiger charge is 2.24. The molecule has 0 aliphatic carbocycles. The van der Waals surface area contributed by atoms with Crippen molar-refractivity contribution in [2.24, 2.45) is 5.41 Å². The molecule has 1 saturated heterocycles. The number of carbonyl (C=O) groups is 1. The van der Waals surface area contributed by atoms with Crippen molar-refractivity contribution >= 4 is 5.91 Å². The number of nitrogens with zero attached hydrogens (tertiary/aromatic N) is 4. The number of hydrogen-bond acceptors (Lipinski definition) is 3. The van der Waals surface area contributed by atoms with E-state index in [-0.39, 0.29) is 5.41 Å². The lowest BCUT2D eigenvalue weighted by atomic mass is 9.91. The van der Waals surface area contributed by atoms with Crippen LogP contribution in [0.25, 0.3) is 0 Å². The average Bonchev–Trinajstić information content (AvgIpc) is 2.88. The Balaban J connectivity index is 1.71. The molecule has 20 heavy (non-hydrogen) atoms. The Labute approximate surface area is 121 Å². The number of amides is 1. The third-order valence-electron chi connectivity index (χ3n) is 3.64. The van der Waals surface area contributed by atoms with Gasteiger partial charge in [-0.15, -0.1) is 0 Å². The lowest BCUT2D eigenvalue weighted by Crippen LogP contribution is -2.49. The minimum Gasteiger partial charge on any atom is -0.340 e. The predicted octanol–water partition coefficient (Wildman–Crippen LogP) is 1.46. The molecule has 2 rings (SSSR count). The Morgan fingerprint density at radius 2 is 1.85 bits per heavy atom. The lowest BCUT2D eigenvalue weighted by molar-refractivity contribution is -0.134. The predicted molar refractivity (Wildman–Crippen MR) is 79.3 cm³/mol. The summed E-state index contributed by atoms with van der Waals surface area (Å²) in [6.45, 7) is 12.0. The van der Waals surface area contributed by atoms with Crippen LogP contribution in [-0.2, 0) is 11.3 Å². The number of rotatable bonds is 4. The summed E-state index contributed by atoms with van der Waals surface area (Å²) >= 11 is 0. The van der Waals surface area contributed by atoms with E-state index in [1.54, 1.807) is 0 Å². The van der Waals surface area contributed by atoms with Gasteiger partial charge in [0, 0.05) is 58.1 Å². The summed E-state index contributed by atoms with van der Waals surface area (Å²) in [6.07, 6.45) is 6.29. The minimum atomic E-state index is 0.0790. The minimum absolute atomic E-state index is 0.0790. The third-order valence-corrected chi connectivity index (χ3v) is 3.64. The van der Waals surface area contributed by atoms with Crippen LogP contribution in [0.15, 0.2) is 18.7 Å². The zero-order valence-electron chi connectivity index (χ0n) is 12.9. The molecule has 5 heteroatoms. The van der Waals surface area contributed by atoms with E-state index >= 15 is 0 Å². The summed E-state index contributed by atoms with van der Waals surface area (Å²) in [5.74, 6) is 0.298. The number of piperazine rings is 1. The molecular formula is C15H26N4O. The second-order valence-corrected chi connectivity index (χ2v) is 6.76. The third kappa shape index (κ3) is 4.63. The smallest absolute Gasteiger partial charge is 0.223 e. The Kier molecular flexibility index (Phi) is 4.81. The number of aromatic nitrogens is 2. The molecule has 112 valence electrons. The molecule has 1 aromatic heterocycles. The van der Waals surface area contributed by atoms with E-state index in [1.165, 1.54) is 0 Å². The fourth-order valence-corrected chi connectivity index (χ4v) is 2.46. The van der Waals surface area contributed by atoms with Gasteiger partial charge in [0.1, 0.15) is 0 Å². The summed E-state index contributed by atoms with van der Waals surface area (Å²) in [5, 5.41) is 0. The zero-order valence-corrected chi connectivity index (χ0v) is 12.9. The first-order valence-electron chi connectivity index (χ1n) is 7.40. The first-order valence-corrected chi connectivity index (χ1v) is 7.40. The van der Waals surface area contributed by atoms with E-state index in [0.29, 0.717) is 12.3 Å². The maximum atomic E-state index is 12.2. The maximum Gasteiger partial charge on any atom is 0.223 e. The van der Waals surface area contributed by atoms with E-state index in [2.05, 4.69) is 35.2 Å². The van der Waals surface area contributed by atoms with Gasteiger partial charge in [-0.3, -0.25) is 9.69 Å². The Hall–Kier alpha value is -1.36. The second-order valence-electron chi connectivity index (χ2n) is 6.76. The molecule has 0 bridgehead atoms. The fourth-order valence-electron chi connectivity index (χ4n) is 2.46. The summed E-state index contributed by atoms with van der Waals surface area (Å²) in [5.41, 5.74) is 0.0790. The molecule has 0 N–H and O–H groups in total. The fraction of sp³-hybridized carbons (Fsp3) is 0.733. The molecule has 0 saturated carbocycles. The standard InChI is InChI=1S/C15H26N4O/c1-15(2,3)12-14(20)19-10-8-17(9-11-19)6-7-18-5-4-16-13-18/h4-5,13H,6-12H2,1-3H3. The first kappa shape index (κ1) is 15.0. The molecule has 2 heterocycles. The van der Waals surface area contributed by atoms with Crippen LogP contribution in [0.4, 0.5) is 0 Å². The molecule has 1 aliphatic rings. The topological polar surface area (TPSA) is 41.4 Å². The zero-order chi connectivity index (χ0) is 14.6. The Morgan fingerprint density at radius 3 is 2.40 bits per heavy atom. The summed E-state index contributed by atoms with van der Waals surface area (Å²) < 4.78 is 2.09. The van der Waals surface area contributed by atoms with Crippen LogP contribution in [0.5, 0.6) is 0 Å². The largest absolute Gasteiger partial charge is 0.340 e. The van der Waals surface area contributed by atoms with Crippen molar-refractivity contribution in [1.29, 1.82) is 0 Å².